The number of hydrogen-bond donors (Lipinski definition) is 0. The zero-order chi connectivity index (χ0) is 11.5. The summed E-state index contributed by atoms with van der Waals surface area (Å²) in [6, 6.07) is 0. The highest BCUT2D eigenvalue weighted by Gasteiger charge is 2.39. The molecule has 15 heavy (non-hydrogen) atoms. The average molecular weight is 224 g/mol. The highest BCUT2D eigenvalue weighted by molar-refractivity contribution is 5.82. The van der Waals surface area contributed by atoms with Gasteiger partial charge in [0.15, 0.2) is 0 Å². The molecule has 88 valence electrons. The van der Waals surface area contributed by atoms with E-state index in [0.29, 0.717) is 12.8 Å². The minimum atomic E-state index is -4.27. The molecule has 2 atom stereocenters. The molecule has 1 aliphatic carbocycles. The number of carbonyl (C=O) groups excluding carboxylic acids is 1. The average Bonchev–Trinajstić information content (AvgIpc) is 2.14. The van der Waals surface area contributed by atoms with Gasteiger partial charge >= 0.3 is 6.18 Å². The van der Waals surface area contributed by atoms with Gasteiger partial charge in [-0.2, -0.15) is 13.2 Å². The van der Waals surface area contributed by atoms with Crippen LogP contribution in [0, 0.1) is 5.92 Å². The Morgan fingerprint density at radius 3 is 2.60 bits per heavy atom. The van der Waals surface area contributed by atoms with E-state index in [4.69, 9.17) is 4.74 Å². The van der Waals surface area contributed by atoms with Crippen molar-refractivity contribution in [3.8, 4) is 0 Å². The summed E-state index contributed by atoms with van der Waals surface area (Å²) < 4.78 is 41.3. The van der Waals surface area contributed by atoms with Crippen LogP contribution >= 0.6 is 0 Å². The third-order valence-corrected chi connectivity index (χ3v) is 2.79. The maximum atomic E-state index is 12.2. The van der Waals surface area contributed by atoms with Crippen molar-refractivity contribution >= 4 is 5.78 Å². The molecule has 2 unspecified atom stereocenters. The second-order valence-corrected chi connectivity index (χ2v) is 3.91. The van der Waals surface area contributed by atoms with Gasteiger partial charge in [-0.05, 0) is 12.8 Å². The Balaban J connectivity index is 2.60. The molecule has 2 nitrogen and oxygen atoms in total. The molecule has 1 fully saturated rings. The van der Waals surface area contributed by atoms with E-state index in [1.807, 2.05) is 0 Å². The van der Waals surface area contributed by atoms with Crippen LogP contribution in [0.5, 0.6) is 0 Å². The van der Waals surface area contributed by atoms with Crippen LogP contribution in [-0.2, 0) is 9.53 Å². The third-order valence-electron chi connectivity index (χ3n) is 2.79. The predicted octanol–water partition coefficient (Wildman–Crippen LogP) is 2.71. The molecule has 0 bridgehead atoms. The molecule has 1 aliphatic rings. The number of alkyl halides is 3. The van der Waals surface area contributed by atoms with Crippen molar-refractivity contribution in [1.82, 2.24) is 0 Å². The van der Waals surface area contributed by atoms with Crippen LogP contribution in [0.15, 0.2) is 0 Å². The van der Waals surface area contributed by atoms with E-state index in [9.17, 15) is 18.0 Å². The fraction of sp³-hybridized carbons (Fsp3) is 0.900. The standard InChI is InChI=1S/C10H15F3O2/c1-15-9(6-10(11,12)13)7-4-2-3-5-8(7)14/h7,9H,2-6H2,1H3. The first kappa shape index (κ1) is 12.5. The van der Waals surface area contributed by atoms with E-state index in [2.05, 4.69) is 0 Å². The molecule has 0 spiro atoms. The molecule has 0 aliphatic heterocycles. The van der Waals surface area contributed by atoms with Gasteiger partial charge in [0.05, 0.1) is 12.5 Å². The molecule has 0 radical (unpaired) electrons. The van der Waals surface area contributed by atoms with Crippen molar-refractivity contribution in [3.63, 3.8) is 0 Å². The maximum Gasteiger partial charge on any atom is 0.391 e. The van der Waals surface area contributed by atoms with Gasteiger partial charge in [-0.25, -0.2) is 0 Å². The van der Waals surface area contributed by atoms with Crippen LogP contribution in [0.4, 0.5) is 13.2 Å². The van der Waals surface area contributed by atoms with Crippen LogP contribution in [0.1, 0.15) is 32.1 Å². The van der Waals surface area contributed by atoms with Gasteiger partial charge in [-0.15, -0.1) is 0 Å². The molecule has 5 heteroatoms. The largest absolute Gasteiger partial charge is 0.391 e. The summed E-state index contributed by atoms with van der Waals surface area (Å²) in [6.07, 6.45) is -3.78. The molecule has 0 saturated heterocycles. The molecule has 0 aromatic heterocycles. The summed E-state index contributed by atoms with van der Waals surface area (Å²) in [5.41, 5.74) is 0. The molecule has 0 N–H and O–H groups in total. The maximum absolute atomic E-state index is 12.2. The van der Waals surface area contributed by atoms with Crippen LogP contribution < -0.4 is 0 Å². The highest BCUT2D eigenvalue weighted by Crippen LogP contribution is 2.32. The summed E-state index contributed by atoms with van der Waals surface area (Å²) in [4.78, 5) is 11.4. The summed E-state index contributed by atoms with van der Waals surface area (Å²) in [6.45, 7) is 0. The second-order valence-electron chi connectivity index (χ2n) is 3.91. The highest BCUT2D eigenvalue weighted by atomic mass is 19.4. The number of halogens is 3. The van der Waals surface area contributed by atoms with Gasteiger partial charge in [0.25, 0.3) is 0 Å². The number of rotatable bonds is 3. The minimum absolute atomic E-state index is 0.0858. The van der Waals surface area contributed by atoms with Gasteiger partial charge in [-0.1, -0.05) is 6.42 Å². The molecule has 0 amide bonds. The fourth-order valence-corrected chi connectivity index (χ4v) is 2.02. The number of hydrogen-bond acceptors (Lipinski definition) is 2. The SMILES string of the molecule is COC(CC(F)(F)F)C1CCCCC1=O. The first-order valence-electron chi connectivity index (χ1n) is 5.06. The monoisotopic (exact) mass is 224 g/mol. The lowest BCUT2D eigenvalue weighted by atomic mass is 9.83. The zero-order valence-corrected chi connectivity index (χ0v) is 8.64. The summed E-state index contributed by atoms with van der Waals surface area (Å²) >= 11 is 0. The van der Waals surface area contributed by atoms with Crippen LogP contribution in [0.3, 0.4) is 0 Å². The van der Waals surface area contributed by atoms with Crippen molar-refractivity contribution in [2.75, 3.05) is 7.11 Å². The lowest BCUT2D eigenvalue weighted by Crippen LogP contribution is -2.35. The molecule has 1 saturated carbocycles. The Morgan fingerprint density at radius 2 is 2.13 bits per heavy atom. The Labute approximate surface area is 86.8 Å². The van der Waals surface area contributed by atoms with E-state index < -0.39 is 24.6 Å². The Hall–Kier alpha value is -0.580. The normalized spacial score (nSPS) is 25.3. The predicted molar refractivity (Wildman–Crippen MR) is 48.4 cm³/mol. The van der Waals surface area contributed by atoms with E-state index in [1.54, 1.807) is 0 Å². The van der Waals surface area contributed by atoms with Crippen molar-refractivity contribution in [2.45, 2.75) is 44.4 Å². The summed E-state index contributed by atoms with van der Waals surface area (Å²) in [5.74, 6) is -0.650. The van der Waals surface area contributed by atoms with Gasteiger partial charge in [0.2, 0.25) is 0 Å². The number of Topliss-reactive ketones (excluding diaryl/α,β-unsaturated/α-hetero) is 1. The number of ketones is 1. The molecule has 1 rings (SSSR count). The van der Waals surface area contributed by atoms with Gasteiger partial charge in [-0.3, -0.25) is 4.79 Å². The van der Waals surface area contributed by atoms with Gasteiger partial charge < -0.3 is 4.74 Å². The smallest absolute Gasteiger partial charge is 0.380 e. The molecule has 0 heterocycles. The van der Waals surface area contributed by atoms with Crippen molar-refractivity contribution < 1.29 is 22.7 Å². The van der Waals surface area contributed by atoms with E-state index in [0.717, 1.165) is 12.8 Å². The lowest BCUT2D eigenvalue weighted by molar-refractivity contribution is -0.167. The summed E-state index contributed by atoms with van der Waals surface area (Å²) in [7, 11) is 1.23. The Kier molecular flexibility index (Phi) is 4.13. The topological polar surface area (TPSA) is 26.3 Å². The third kappa shape index (κ3) is 3.81. The molecular formula is C10H15F3O2. The minimum Gasteiger partial charge on any atom is -0.380 e. The van der Waals surface area contributed by atoms with Crippen molar-refractivity contribution in [3.05, 3.63) is 0 Å². The lowest BCUT2D eigenvalue weighted by Gasteiger charge is -2.28. The van der Waals surface area contributed by atoms with E-state index in [-0.39, 0.29) is 5.78 Å². The van der Waals surface area contributed by atoms with E-state index >= 15 is 0 Å². The summed E-state index contributed by atoms with van der Waals surface area (Å²) in [5, 5.41) is 0. The van der Waals surface area contributed by atoms with Gasteiger partial charge in [0, 0.05) is 19.4 Å². The Morgan fingerprint density at radius 1 is 1.47 bits per heavy atom. The van der Waals surface area contributed by atoms with Crippen LogP contribution in [0.25, 0.3) is 0 Å². The number of ether oxygens (including phenoxy) is 1. The number of carbonyl (C=O) groups is 1. The van der Waals surface area contributed by atoms with Crippen LogP contribution in [0.2, 0.25) is 0 Å². The van der Waals surface area contributed by atoms with Crippen molar-refractivity contribution in [1.29, 1.82) is 0 Å². The van der Waals surface area contributed by atoms with Crippen LogP contribution in [-0.4, -0.2) is 25.2 Å². The molecule has 0 aromatic rings. The zero-order valence-electron chi connectivity index (χ0n) is 8.64. The second kappa shape index (κ2) is 4.96. The first-order chi connectivity index (χ1) is 6.94. The molecule has 0 aromatic carbocycles. The Bertz CT molecular complexity index is 225. The first-order valence-corrected chi connectivity index (χ1v) is 5.06. The van der Waals surface area contributed by atoms with Gasteiger partial charge in [0.1, 0.15) is 5.78 Å². The fourth-order valence-electron chi connectivity index (χ4n) is 2.02. The molecular weight excluding hydrogens is 209 g/mol. The number of methoxy groups -OCH3 is 1. The quantitative estimate of drug-likeness (QED) is 0.736. The van der Waals surface area contributed by atoms with E-state index in [1.165, 1.54) is 7.11 Å². The van der Waals surface area contributed by atoms with Crippen molar-refractivity contribution in [2.24, 2.45) is 5.92 Å².